The molecule has 3 aromatic rings. The summed E-state index contributed by atoms with van der Waals surface area (Å²) in [7, 11) is -3.10. The number of carbonyl (C=O) groups is 3. The zero-order valence-electron chi connectivity index (χ0n) is 30.5. The molecule has 0 radical (unpaired) electrons. The van der Waals surface area contributed by atoms with Gasteiger partial charge in [-0.1, -0.05) is 25.3 Å². The molecule has 2 unspecified atom stereocenters. The SMILES string of the molecule is C=Cc1c(C)c2cc3[nH]c(cc4nc(cc5nc(cc1[nH]2)C(C)=C5CCC(=O)O)C(CCC(=O)O)=C4C)c(C)c3C=C.CP(=O)(O)CCC(N)C(=O)O. The summed E-state index contributed by atoms with van der Waals surface area (Å²) in [4.78, 5) is 58.9. The monoisotopic (exact) mass is 743 g/mol. The van der Waals surface area contributed by atoms with E-state index in [2.05, 4.69) is 29.2 Å². The number of nitrogens with two attached hydrogens (primary N) is 1. The van der Waals surface area contributed by atoms with Crippen molar-refractivity contribution in [3.8, 4) is 0 Å². The maximum atomic E-state index is 11.5. The zero-order valence-corrected chi connectivity index (χ0v) is 31.4. The first-order valence-corrected chi connectivity index (χ1v) is 19.3. The minimum absolute atomic E-state index is 0.0367. The van der Waals surface area contributed by atoms with Crippen molar-refractivity contribution in [2.45, 2.75) is 65.8 Å². The van der Waals surface area contributed by atoms with Crippen molar-refractivity contribution in [2.24, 2.45) is 5.73 Å². The molecule has 13 nitrogen and oxygen atoms in total. The van der Waals surface area contributed by atoms with Crippen molar-refractivity contribution in [3.05, 3.63) is 82.5 Å². The molecule has 5 rings (SSSR count). The second-order valence-corrected chi connectivity index (χ2v) is 15.8. The van der Waals surface area contributed by atoms with Crippen LogP contribution in [0.2, 0.25) is 0 Å². The van der Waals surface area contributed by atoms with E-state index in [-0.39, 0.29) is 25.4 Å². The van der Waals surface area contributed by atoms with Gasteiger partial charge in [0.2, 0.25) is 0 Å². The third kappa shape index (κ3) is 9.55. The van der Waals surface area contributed by atoms with Gasteiger partial charge in [0.05, 0.1) is 22.8 Å². The summed E-state index contributed by atoms with van der Waals surface area (Å²) < 4.78 is 10.6. The first-order chi connectivity index (χ1) is 24.8. The zero-order chi connectivity index (χ0) is 39.4. The van der Waals surface area contributed by atoms with E-state index in [0.717, 1.165) is 78.0 Å². The number of carboxylic acid groups (broad SMARTS) is 3. The van der Waals surface area contributed by atoms with E-state index in [4.69, 9.17) is 25.7 Å². The molecule has 0 aliphatic carbocycles. The van der Waals surface area contributed by atoms with Gasteiger partial charge in [-0.05, 0) is 105 Å². The standard InChI is InChI=1S/C34H34N4O4.C5H12NO4P/c1-7-21-17(3)25-13-26-19(5)23(9-11-33(39)40)31(37-26)16-32-24(10-12-34(41)42)20(6)28(38-32)15-30-22(8-2)18(4)27(36-30)14-29(21)35-25;1-11(9,10)3-2-4(6)5(7)8/h7-8,13-16,35-36H,1-2,9-12H2,3-6H3,(H,39,40)(H,41,42);4H,2-3,6H2,1H3,(H,7,8)(H,9,10). The number of aromatic nitrogens is 4. The molecule has 3 aromatic heterocycles. The summed E-state index contributed by atoms with van der Waals surface area (Å²) in [5.74, 6) is -2.92. The number of fused-ring (bicyclic) bond motifs is 8. The maximum absolute atomic E-state index is 11.5. The van der Waals surface area contributed by atoms with Crippen molar-refractivity contribution in [1.29, 1.82) is 0 Å². The minimum Gasteiger partial charge on any atom is -0.481 e. The average molecular weight is 744 g/mol. The van der Waals surface area contributed by atoms with Gasteiger partial charge in [0.1, 0.15) is 6.04 Å². The number of hydrogen-bond acceptors (Lipinski definition) is 7. The third-order valence-corrected chi connectivity index (χ3v) is 10.5. The molecule has 0 aromatic carbocycles. The van der Waals surface area contributed by atoms with E-state index >= 15 is 0 Å². The third-order valence-electron chi connectivity index (χ3n) is 9.39. The highest BCUT2D eigenvalue weighted by molar-refractivity contribution is 7.57. The van der Waals surface area contributed by atoms with Crippen LogP contribution in [0.3, 0.4) is 0 Å². The van der Waals surface area contributed by atoms with Crippen molar-refractivity contribution in [1.82, 2.24) is 19.9 Å². The quantitative estimate of drug-likeness (QED) is 0.0898. The van der Waals surface area contributed by atoms with E-state index in [9.17, 15) is 29.2 Å². The molecule has 0 saturated carbocycles. The van der Waals surface area contributed by atoms with Crippen LogP contribution in [0.15, 0.2) is 37.4 Å². The van der Waals surface area contributed by atoms with Crippen LogP contribution < -0.4 is 5.73 Å². The summed E-state index contributed by atoms with van der Waals surface area (Å²) in [6, 6.07) is 6.85. The molecule has 280 valence electrons. The largest absolute Gasteiger partial charge is 0.481 e. The fourth-order valence-corrected chi connectivity index (χ4v) is 7.03. The van der Waals surface area contributed by atoms with E-state index in [1.807, 2.05) is 58.0 Å². The van der Waals surface area contributed by atoms with Crippen LogP contribution in [0.4, 0.5) is 0 Å². The Hall–Kier alpha value is -5.36. The molecule has 0 spiro atoms. The number of rotatable bonds is 12. The Morgan fingerprint density at radius 2 is 1.17 bits per heavy atom. The Kier molecular flexibility index (Phi) is 12.6. The van der Waals surface area contributed by atoms with Crippen molar-refractivity contribution >= 4 is 81.8 Å². The Morgan fingerprint density at radius 3 is 1.57 bits per heavy atom. The lowest BCUT2D eigenvalue weighted by atomic mass is 9.98. The lowest BCUT2D eigenvalue weighted by Crippen LogP contribution is -2.30. The predicted octanol–water partition coefficient (Wildman–Crippen LogP) is 7.50. The summed E-state index contributed by atoms with van der Waals surface area (Å²) >= 11 is 0. The van der Waals surface area contributed by atoms with Crippen LogP contribution in [-0.4, -0.2) is 76.9 Å². The van der Waals surface area contributed by atoms with Gasteiger partial charge < -0.3 is 35.9 Å². The number of aromatic amines is 2. The van der Waals surface area contributed by atoms with Crippen LogP contribution in [0, 0.1) is 13.8 Å². The Bertz CT molecular complexity index is 2290. The molecule has 53 heavy (non-hydrogen) atoms. The Morgan fingerprint density at radius 1 is 0.755 bits per heavy atom. The van der Waals surface area contributed by atoms with Gasteiger partial charge in [0.25, 0.3) is 0 Å². The van der Waals surface area contributed by atoms with Gasteiger partial charge in [-0.25, -0.2) is 9.97 Å². The number of allylic oxidation sites excluding steroid dienone is 4. The number of nitrogens with zero attached hydrogens (tertiary/aromatic N) is 2. The van der Waals surface area contributed by atoms with Gasteiger partial charge in [0.15, 0.2) is 7.37 Å². The summed E-state index contributed by atoms with van der Waals surface area (Å²) in [6.45, 7) is 17.3. The molecule has 5 heterocycles. The highest BCUT2D eigenvalue weighted by Gasteiger charge is 2.23. The summed E-state index contributed by atoms with van der Waals surface area (Å²) in [5, 5.41) is 27.2. The lowest BCUT2D eigenvalue weighted by Gasteiger charge is -2.07. The number of H-pyrrole nitrogens is 2. The molecule has 2 atom stereocenters. The maximum Gasteiger partial charge on any atom is 0.320 e. The van der Waals surface area contributed by atoms with Gasteiger partial charge in [0, 0.05) is 58.9 Å². The topological polar surface area (TPSA) is 233 Å². The molecule has 0 amide bonds. The van der Waals surface area contributed by atoms with Crippen LogP contribution in [-0.2, 0) is 18.9 Å². The Labute approximate surface area is 307 Å². The number of hydrogen-bond donors (Lipinski definition) is 7. The fourth-order valence-electron chi connectivity index (χ4n) is 6.27. The first-order valence-electron chi connectivity index (χ1n) is 17.0. The van der Waals surface area contributed by atoms with E-state index in [1.165, 1.54) is 6.66 Å². The molecule has 0 saturated heterocycles. The molecule has 2 aliphatic heterocycles. The smallest absolute Gasteiger partial charge is 0.320 e. The molecule has 8 bridgehead atoms. The Balaban J connectivity index is 0.000000495. The fraction of sp³-hybridized carbons (Fsp3) is 0.308. The van der Waals surface area contributed by atoms with E-state index in [0.29, 0.717) is 24.2 Å². The van der Waals surface area contributed by atoms with E-state index < -0.39 is 31.3 Å². The van der Waals surface area contributed by atoms with Crippen LogP contribution in [0.1, 0.15) is 91.0 Å². The second kappa shape index (κ2) is 16.5. The first kappa shape index (κ1) is 40.4. The molecule has 2 aliphatic rings. The molecule has 0 fully saturated rings. The van der Waals surface area contributed by atoms with Gasteiger partial charge >= 0.3 is 17.9 Å². The van der Waals surface area contributed by atoms with Gasteiger partial charge in [-0.2, -0.15) is 0 Å². The van der Waals surface area contributed by atoms with Gasteiger partial charge in [-0.15, -0.1) is 0 Å². The number of aryl methyl sites for hydroxylation is 2. The van der Waals surface area contributed by atoms with Crippen LogP contribution >= 0.6 is 7.37 Å². The minimum atomic E-state index is -3.10. The highest BCUT2D eigenvalue weighted by Crippen LogP contribution is 2.38. The number of nitrogens with one attached hydrogen (secondary N) is 2. The molecule has 14 heteroatoms. The predicted molar refractivity (Wildman–Crippen MR) is 210 cm³/mol. The summed E-state index contributed by atoms with van der Waals surface area (Å²) in [6.07, 6.45) is 4.20. The van der Waals surface area contributed by atoms with E-state index in [1.54, 1.807) is 0 Å². The lowest BCUT2D eigenvalue weighted by molar-refractivity contribution is -0.139. The number of carboxylic acids is 3. The highest BCUT2D eigenvalue weighted by atomic mass is 31.2. The summed E-state index contributed by atoms with van der Waals surface area (Å²) in [5.41, 5.74) is 18.8. The molecule has 8 N–H and O–H groups in total. The number of aliphatic carboxylic acids is 3. The van der Waals surface area contributed by atoms with Crippen LogP contribution in [0.5, 0.6) is 0 Å². The average Bonchev–Trinajstić information content (AvgIpc) is 3.74. The van der Waals surface area contributed by atoms with Crippen molar-refractivity contribution in [3.63, 3.8) is 0 Å². The second-order valence-electron chi connectivity index (χ2n) is 13.2. The van der Waals surface area contributed by atoms with Crippen molar-refractivity contribution in [2.75, 3.05) is 12.8 Å². The van der Waals surface area contributed by atoms with Crippen molar-refractivity contribution < 1.29 is 39.2 Å². The molecular weight excluding hydrogens is 697 g/mol. The molecular formula is C39H46N5O8P. The normalized spacial score (nSPS) is 14.2. The van der Waals surface area contributed by atoms with Crippen LogP contribution in [0.25, 0.3) is 56.5 Å². The van der Waals surface area contributed by atoms with Gasteiger partial charge in [-0.3, -0.25) is 18.9 Å².